The number of nitrogens with zero attached hydrogens (tertiary/aromatic N) is 1. The van der Waals surface area contributed by atoms with Gasteiger partial charge in [0.05, 0.1) is 18.4 Å². The molecule has 0 bridgehead atoms. The summed E-state index contributed by atoms with van der Waals surface area (Å²) in [6.45, 7) is 3.09. The molecule has 1 amide bonds. The average molecular weight is 290 g/mol. The molecule has 0 aromatic carbocycles. The summed E-state index contributed by atoms with van der Waals surface area (Å²) in [5, 5.41) is 2.90. The molecule has 2 saturated heterocycles. The molecule has 0 saturated carbocycles. The molecule has 0 aliphatic carbocycles. The molecule has 2 fully saturated rings. The van der Waals surface area contributed by atoms with E-state index in [1.165, 1.54) is 4.31 Å². The summed E-state index contributed by atoms with van der Waals surface area (Å²) in [6.07, 6.45) is 4.50. The first-order valence-corrected chi connectivity index (χ1v) is 8.63. The van der Waals surface area contributed by atoms with Crippen LogP contribution in [-0.4, -0.2) is 56.2 Å². The van der Waals surface area contributed by atoms with Crippen molar-refractivity contribution in [1.82, 2.24) is 9.62 Å². The molecule has 0 radical (unpaired) electrons. The summed E-state index contributed by atoms with van der Waals surface area (Å²) >= 11 is 0. The first kappa shape index (κ1) is 14.7. The van der Waals surface area contributed by atoms with E-state index in [-0.39, 0.29) is 18.1 Å². The Kier molecular flexibility index (Phi) is 4.47. The lowest BCUT2D eigenvalue weighted by atomic mass is 10.1. The Bertz CT molecular complexity index is 431. The van der Waals surface area contributed by atoms with Crippen molar-refractivity contribution in [1.29, 1.82) is 0 Å². The molecule has 7 heteroatoms. The number of amides is 1. The second-order valence-corrected chi connectivity index (χ2v) is 7.32. The Balaban J connectivity index is 1.95. The maximum absolute atomic E-state index is 12.2. The highest BCUT2D eigenvalue weighted by Crippen LogP contribution is 2.21. The summed E-state index contributed by atoms with van der Waals surface area (Å²) in [7, 11) is -3.31. The van der Waals surface area contributed by atoms with Crippen molar-refractivity contribution in [2.24, 2.45) is 0 Å². The lowest BCUT2D eigenvalue weighted by molar-refractivity contribution is -0.125. The van der Waals surface area contributed by atoms with Gasteiger partial charge in [-0.2, -0.15) is 4.31 Å². The van der Waals surface area contributed by atoms with Crippen LogP contribution in [0.3, 0.4) is 0 Å². The van der Waals surface area contributed by atoms with Crippen LogP contribution in [0, 0.1) is 0 Å². The lowest BCUT2D eigenvalue weighted by Crippen LogP contribution is -2.50. The molecule has 1 N–H and O–H groups in total. The van der Waals surface area contributed by atoms with E-state index in [4.69, 9.17) is 4.74 Å². The number of carbonyl (C=O) groups excluding carboxylic acids is 1. The minimum atomic E-state index is -3.31. The lowest BCUT2D eigenvalue weighted by Gasteiger charge is -2.25. The Hall–Kier alpha value is -0.660. The maximum atomic E-state index is 12.2. The highest BCUT2D eigenvalue weighted by atomic mass is 32.2. The first-order chi connectivity index (χ1) is 8.89. The Morgan fingerprint density at radius 2 is 2.11 bits per heavy atom. The molecule has 110 valence electrons. The second-order valence-electron chi connectivity index (χ2n) is 5.38. The van der Waals surface area contributed by atoms with Crippen LogP contribution in [0.15, 0.2) is 0 Å². The second kappa shape index (κ2) is 5.76. The molecule has 2 rings (SSSR count). The van der Waals surface area contributed by atoms with E-state index in [9.17, 15) is 13.2 Å². The fourth-order valence-electron chi connectivity index (χ4n) is 2.81. The summed E-state index contributed by atoms with van der Waals surface area (Å²) < 4.78 is 30.0. The summed E-state index contributed by atoms with van der Waals surface area (Å²) in [5.74, 6) is -0.203. The fraction of sp³-hybridized carbons (Fsp3) is 0.917. The van der Waals surface area contributed by atoms with Gasteiger partial charge in [0.2, 0.25) is 15.9 Å². The van der Waals surface area contributed by atoms with Crippen LogP contribution in [0.25, 0.3) is 0 Å². The number of rotatable bonds is 4. The van der Waals surface area contributed by atoms with Crippen molar-refractivity contribution in [2.45, 2.75) is 50.8 Å². The van der Waals surface area contributed by atoms with Gasteiger partial charge in [-0.05, 0) is 32.6 Å². The van der Waals surface area contributed by atoms with Crippen LogP contribution in [0.2, 0.25) is 0 Å². The van der Waals surface area contributed by atoms with E-state index < -0.39 is 16.1 Å². The SMILES string of the molecule is C[C@H](NC(=O)[C@H]1CCCN1S(C)(=O)=O)[C@H]1CCCO1. The zero-order valence-electron chi connectivity index (χ0n) is 11.5. The summed E-state index contributed by atoms with van der Waals surface area (Å²) in [4.78, 5) is 12.2. The summed E-state index contributed by atoms with van der Waals surface area (Å²) in [6, 6.07) is -0.629. The Morgan fingerprint density at radius 1 is 1.37 bits per heavy atom. The highest BCUT2D eigenvalue weighted by Gasteiger charge is 2.37. The van der Waals surface area contributed by atoms with Crippen LogP contribution in [0.1, 0.15) is 32.6 Å². The number of nitrogens with one attached hydrogen (secondary N) is 1. The van der Waals surface area contributed by atoms with Crippen molar-refractivity contribution in [3.8, 4) is 0 Å². The Labute approximate surface area is 114 Å². The smallest absolute Gasteiger partial charge is 0.238 e. The van der Waals surface area contributed by atoms with Gasteiger partial charge in [-0.15, -0.1) is 0 Å². The third kappa shape index (κ3) is 3.46. The minimum Gasteiger partial charge on any atom is -0.376 e. The third-order valence-corrected chi connectivity index (χ3v) is 5.11. The van der Waals surface area contributed by atoms with Gasteiger partial charge in [0.25, 0.3) is 0 Å². The molecule has 0 spiro atoms. The summed E-state index contributed by atoms with van der Waals surface area (Å²) in [5.41, 5.74) is 0. The highest BCUT2D eigenvalue weighted by molar-refractivity contribution is 7.88. The van der Waals surface area contributed by atoms with E-state index in [2.05, 4.69) is 5.32 Å². The number of ether oxygens (including phenoxy) is 1. The number of hydrogen-bond acceptors (Lipinski definition) is 4. The molecular weight excluding hydrogens is 268 g/mol. The van der Waals surface area contributed by atoms with Gasteiger partial charge in [-0.3, -0.25) is 4.79 Å². The molecule has 0 aromatic heterocycles. The van der Waals surface area contributed by atoms with Gasteiger partial charge in [0.1, 0.15) is 6.04 Å². The molecule has 2 aliphatic heterocycles. The average Bonchev–Trinajstić information content (AvgIpc) is 2.99. The van der Waals surface area contributed by atoms with E-state index in [0.29, 0.717) is 13.0 Å². The maximum Gasteiger partial charge on any atom is 0.238 e. The van der Waals surface area contributed by atoms with Crippen molar-refractivity contribution >= 4 is 15.9 Å². The van der Waals surface area contributed by atoms with Crippen LogP contribution in [0.4, 0.5) is 0 Å². The van der Waals surface area contributed by atoms with E-state index in [1.54, 1.807) is 0 Å². The van der Waals surface area contributed by atoms with Gasteiger partial charge in [0.15, 0.2) is 0 Å². The number of sulfonamides is 1. The molecule has 2 heterocycles. The van der Waals surface area contributed by atoms with Crippen molar-refractivity contribution in [2.75, 3.05) is 19.4 Å². The number of carbonyl (C=O) groups is 1. The van der Waals surface area contributed by atoms with Gasteiger partial charge in [-0.25, -0.2) is 8.42 Å². The van der Waals surface area contributed by atoms with Crippen molar-refractivity contribution in [3.05, 3.63) is 0 Å². The van der Waals surface area contributed by atoms with Gasteiger partial charge in [-0.1, -0.05) is 0 Å². The van der Waals surface area contributed by atoms with Gasteiger partial charge < -0.3 is 10.1 Å². The molecule has 2 aliphatic rings. The largest absolute Gasteiger partial charge is 0.376 e. The Morgan fingerprint density at radius 3 is 2.68 bits per heavy atom. The topological polar surface area (TPSA) is 75.7 Å². The van der Waals surface area contributed by atoms with E-state index in [0.717, 1.165) is 32.1 Å². The molecule has 0 unspecified atom stereocenters. The van der Waals surface area contributed by atoms with E-state index >= 15 is 0 Å². The molecule has 19 heavy (non-hydrogen) atoms. The monoisotopic (exact) mass is 290 g/mol. The molecular formula is C12H22N2O4S. The molecule has 3 atom stereocenters. The first-order valence-electron chi connectivity index (χ1n) is 6.78. The fourth-order valence-corrected chi connectivity index (χ4v) is 3.93. The van der Waals surface area contributed by atoms with Crippen LogP contribution >= 0.6 is 0 Å². The third-order valence-electron chi connectivity index (χ3n) is 3.82. The van der Waals surface area contributed by atoms with Crippen LogP contribution in [0.5, 0.6) is 0 Å². The van der Waals surface area contributed by atoms with Crippen molar-refractivity contribution in [3.63, 3.8) is 0 Å². The van der Waals surface area contributed by atoms with Gasteiger partial charge in [0, 0.05) is 13.2 Å². The van der Waals surface area contributed by atoms with Gasteiger partial charge >= 0.3 is 0 Å². The van der Waals surface area contributed by atoms with Crippen LogP contribution in [-0.2, 0) is 19.6 Å². The minimum absolute atomic E-state index is 0.0528. The molecule has 0 aromatic rings. The number of hydrogen-bond donors (Lipinski definition) is 1. The predicted octanol–water partition coefficient (Wildman–Crippen LogP) is 0.0941. The van der Waals surface area contributed by atoms with Crippen LogP contribution < -0.4 is 5.32 Å². The zero-order chi connectivity index (χ0) is 14.0. The molecule has 6 nitrogen and oxygen atoms in total. The normalized spacial score (nSPS) is 30.4. The van der Waals surface area contributed by atoms with Crippen molar-refractivity contribution < 1.29 is 17.9 Å². The standard InChI is InChI=1S/C12H22N2O4S/c1-9(11-6-4-8-18-11)13-12(15)10-5-3-7-14(10)19(2,16)17/h9-11H,3-8H2,1-2H3,(H,13,15)/t9-,10+,11+/m0/s1. The zero-order valence-corrected chi connectivity index (χ0v) is 12.3. The van der Waals surface area contributed by atoms with E-state index in [1.807, 2.05) is 6.92 Å². The quantitative estimate of drug-likeness (QED) is 0.796. The predicted molar refractivity (Wildman–Crippen MR) is 71.2 cm³/mol.